The summed E-state index contributed by atoms with van der Waals surface area (Å²) in [6.07, 6.45) is 1.99. The summed E-state index contributed by atoms with van der Waals surface area (Å²) >= 11 is 0. The van der Waals surface area contributed by atoms with Gasteiger partial charge in [0.05, 0.1) is 12.9 Å². The van der Waals surface area contributed by atoms with Crippen molar-refractivity contribution in [2.24, 2.45) is 0 Å². The summed E-state index contributed by atoms with van der Waals surface area (Å²) in [5.41, 5.74) is 2.76. The van der Waals surface area contributed by atoms with Crippen LogP contribution in [0.25, 0.3) is 0 Å². The van der Waals surface area contributed by atoms with E-state index < -0.39 is 0 Å². The number of ether oxygens (including phenoxy) is 1. The third kappa shape index (κ3) is 3.89. The largest absolute Gasteiger partial charge is 0.458 e. The number of hydrogen-bond acceptors (Lipinski definition) is 6. The minimum absolute atomic E-state index is 0.0142. The first-order valence-corrected chi connectivity index (χ1v) is 8.63. The van der Waals surface area contributed by atoms with E-state index in [0.29, 0.717) is 36.8 Å². The normalized spacial score (nSPS) is 16.8. The van der Waals surface area contributed by atoms with Gasteiger partial charge in [-0.15, -0.1) is 0 Å². The molecule has 0 spiro atoms. The first-order chi connectivity index (χ1) is 12.3. The number of aromatic nitrogens is 4. The average molecular weight is 357 g/mol. The zero-order chi connectivity index (χ0) is 18.8. The quantitative estimate of drug-likeness (QED) is 0.809. The fourth-order valence-electron chi connectivity index (χ4n) is 2.98. The van der Waals surface area contributed by atoms with Gasteiger partial charge in [-0.2, -0.15) is 0 Å². The van der Waals surface area contributed by atoms with Gasteiger partial charge in [-0.1, -0.05) is 0 Å². The van der Waals surface area contributed by atoms with E-state index in [-0.39, 0.29) is 24.1 Å². The first kappa shape index (κ1) is 18.0. The van der Waals surface area contributed by atoms with E-state index in [0.717, 1.165) is 11.4 Å². The Morgan fingerprint density at radius 1 is 1.23 bits per heavy atom. The Labute approximate surface area is 151 Å². The van der Waals surface area contributed by atoms with Gasteiger partial charge in [0.25, 0.3) is 5.56 Å². The van der Waals surface area contributed by atoms with E-state index in [1.54, 1.807) is 18.7 Å². The van der Waals surface area contributed by atoms with Gasteiger partial charge in [0, 0.05) is 35.6 Å². The second-order valence-corrected chi connectivity index (χ2v) is 6.69. The number of amides is 1. The zero-order valence-corrected chi connectivity index (χ0v) is 15.5. The van der Waals surface area contributed by atoms with Crippen LogP contribution >= 0.6 is 0 Å². The van der Waals surface area contributed by atoms with Crippen LogP contribution in [0.3, 0.4) is 0 Å². The molecule has 3 heterocycles. The van der Waals surface area contributed by atoms with Crippen LogP contribution in [0.5, 0.6) is 6.01 Å². The molecule has 0 N–H and O–H groups in total. The Hall–Kier alpha value is -2.77. The number of carbonyl (C=O) groups excluding carboxylic acids is 1. The summed E-state index contributed by atoms with van der Waals surface area (Å²) < 4.78 is 7.18. The standard InChI is InChI=1S/C18H23N5O3/c1-11-7-12(2)21-18(20-11)26-15-5-6-22(8-15)16(24)9-23-10-19-14(4)13(3)17(23)25/h7,10,15H,5-6,8-9H2,1-4H3. The molecule has 1 amide bonds. The molecule has 1 fully saturated rings. The van der Waals surface area contributed by atoms with Gasteiger partial charge in [-0.25, -0.2) is 15.0 Å². The van der Waals surface area contributed by atoms with Crippen molar-refractivity contribution < 1.29 is 9.53 Å². The van der Waals surface area contributed by atoms with Crippen LogP contribution in [0, 0.1) is 27.7 Å². The number of nitrogens with zero attached hydrogens (tertiary/aromatic N) is 5. The molecule has 0 bridgehead atoms. The van der Waals surface area contributed by atoms with Gasteiger partial charge in [0.2, 0.25) is 5.91 Å². The fourth-order valence-corrected chi connectivity index (χ4v) is 2.98. The van der Waals surface area contributed by atoms with E-state index in [4.69, 9.17) is 4.74 Å². The minimum Gasteiger partial charge on any atom is -0.458 e. The second-order valence-electron chi connectivity index (χ2n) is 6.69. The van der Waals surface area contributed by atoms with Crippen molar-refractivity contribution in [3.63, 3.8) is 0 Å². The average Bonchev–Trinajstić information content (AvgIpc) is 3.03. The molecule has 1 aliphatic rings. The summed E-state index contributed by atoms with van der Waals surface area (Å²) in [6.45, 7) is 8.31. The zero-order valence-electron chi connectivity index (χ0n) is 15.5. The lowest BCUT2D eigenvalue weighted by atomic mass is 10.3. The van der Waals surface area contributed by atoms with E-state index in [1.807, 2.05) is 19.9 Å². The predicted octanol–water partition coefficient (Wildman–Crippen LogP) is 0.947. The molecule has 0 radical (unpaired) electrons. The highest BCUT2D eigenvalue weighted by Crippen LogP contribution is 2.16. The van der Waals surface area contributed by atoms with Crippen LogP contribution in [0.4, 0.5) is 0 Å². The van der Waals surface area contributed by atoms with E-state index >= 15 is 0 Å². The molecule has 3 rings (SSSR count). The lowest BCUT2D eigenvalue weighted by molar-refractivity contribution is -0.131. The van der Waals surface area contributed by atoms with Gasteiger partial charge in [-0.3, -0.25) is 14.2 Å². The number of likely N-dealkylation sites (tertiary alicyclic amines) is 1. The molecule has 0 aliphatic carbocycles. The second kappa shape index (κ2) is 7.23. The van der Waals surface area contributed by atoms with Crippen LogP contribution in [0.15, 0.2) is 17.2 Å². The third-order valence-electron chi connectivity index (χ3n) is 4.55. The van der Waals surface area contributed by atoms with Crippen molar-refractivity contribution in [1.29, 1.82) is 0 Å². The summed E-state index contributed by atoms with van der Waals surface area (Å²) in [7, 11) is 0. The Morgan fingerprint density at radius 2 is 1.92 bits per heavy atom. The van der Waals surface area contributed by atoms with E-state index in [1.165, 1.54) is 10.9 Å². The van der Waals surface area contributed by atoms with Crippen LogP contribution < -0.4 is 10.3 Å². The molecule has 1 unspecified atom stereocenters. The topological polar surface area (TPSA) is 90.2 Å². The van der Waals surface area contributed by atoms with Crippen LogP contribution in [0.2, 0.25) is 0 Å². The summed E-state index contributed by atoms with van der Waals surface area (Å²) in [5, 5.41) is 0. The molecular formula is C18H23N5O3. The Kier molecular flexibility index (Phi) is 5.01. The van der Waals surface area contributed by atoms with Gasteiger partial charge < -0.3 is 9.64 Å². The molecule has 8 heteroatoms. The van der Waals surface area contributed by atoms with Crippen molar-refractivity contribution in [1.82, 2.24) is 24.4 Å². The highest BCUT2D eigenvalue weighted by Gasteiger charge is 2.28. The maximum Gasteiger partial charge on any atom is 0.317 e. The smallest absolute Gasteiger partial charge is 0.317 e. The van der Waals surface area contributed by atoms with E-state index in [2.05, 4.69) is 15.0 Å². The Morgan fingerprint density at radius 3 is 2.62 bits per heavy atom. The summed E-state index contributed by atoms with van der Waals surface area (Å²) in [5.74, 6) is -0.121. The van der Waals surface area contributed by atoms with Crippen molar-refractivity contribution in [2.75, 3.05) is 13.1 Å². The molecule has 0 aromatic carbocycles. The minimum atomic E-state index is -0.179. The van der Waals surface area contributed by atoms with E-state index in [9.17, 15) is 9.59 Å². The summed E-state index contributed by atoms with van der Waals surface area (Å²) in [6, 6.07) is 2.23. The lowest BCUT2D eigenvalue weighted by Gasteiger charge is -2.17. The number of rotatable bonds is 4. The highest BCUT2D eigenvalue weighted by atomic mass is 16.5. The molecule has 0 saturated carbocycles. The van der Waals surface area contributed by atoms with Crippen molar-refractivity contribution in [3.05, 3.63) is 45.4 Å². The molecule has 2 aromatic rings. The molecule has 1 aliphatic heterocycles. The van der Waals surface area contributed by atoms with Crippen LogP contribution in [0.1, 0.15) is 29.1 Å². The maximum absolute atomic E-state index is 12.5. The Bertz CT molecular complexity index is 873. The third-order valence-corrected chi connectivity index (χ3v) is 4.55. The van der Waals surface area contributed by atoms with Crippen molar-refractivity contribution in [2.45, 2.75) is 46.8 Å². The number of aryl methyl sites for hydroxylation is 3. The first-order valence-electron chi connectivity index (χ1n) is 8.63. The molecule has 26 heavy (non-hydrogen) atoms. The molecule has 8 nitrogen and oxygen atoms in total. The molecular weight excluding hydrogens is 334 g/mol. The van der Waals surface area contributed by atoms with Crippen LogP contribution in [-0.2, 0) is 11.3 Å². The van der Waals surface area contributed by atoms with Crippen molar-refractivity contribution >= 4 is 5.91 Å². The predicted molar refractivity (Wildman–Crippen MR) is 95.1 cm³/mol. The monoisotopic (exact) mass is 357 g/mol. The summed E-state index contributed by atoms with van der Waals surface area (Å²) in [4.78, 5) is 39.2. The molecule has 2 aromatic heterocycles. The van der Waals surface area contributed by atoms with Crippen LogP contribution in [-0.4, -0.2) is 49.5 Å². The molecule has 1 saturated heterocycles. The molecule has 1 atom stereocenters. The fraction of sp³-hybridized carbons (Fsp3) is 0.500. The van der Waals surface area contributed by atoms with Gasteiger partial charge in [0.1, 0.15) is 12.6 Å². The van der Waals surface area contributed by atoms with Gasteiger partial charge in [0.15, 0.2) is 0 Å². The molecule has 138 valence electrons. The highest BCUT2D eigenvalue weighted by molar-refractivity contribution is 5.76. The number of carbonyl (C=O) groups is 1. The number of hydrogen-bond donors (Lipinski definition) is 0. The van der Waals surface area contributed by atoms with Crippen molar-refractivity contribution in [3.8, 4) is 6.01 Å². The van der Waals surface area contributed by atoms with Gasteiger partial charge in [-0.05, 0) is 33.8 Å². The SMILES string of the molecule is Cc1cc(C)nc(OC2CCN(C(=O)Cn3cnc(C)c(C)c3=O)C2)n1. The maximum atomic E-state index is 12.5. The Balaban J connectivity index is 1.62. The lowest BCUT2D eigenvalue weighted by Crippen LogP contribution is -2.37. The van der Waals surface area contributed by atoms with Gasteiger partial charge >= 0.3 is 6.01 Å².